The van der Waals surface area contributed by atoms with Crippen molar-refractivity contribution < 1.29 is 9.53 Å². The summed E-state index contributed by atoms with van der Waals surface area (Å²) in [6, 6.07) is 9.91. The van der Waals surface area contributed by atoms with E-state index in [1.165, 1.54) is 4.88 Å². The molecule has 4 nitrogen and oxygen atoms in total. The summed E-state index contributed by atoms with van der Waals surface area (Å²) in [5, 5.41) is 13.2. The molecular formula is C22H26N2O2S. The van der Waals surface area contributed by atoms with Crippen LogP contribution in [0.3, 0.4) is 0 Å². The number of nitrogens with one attached hydrogen (secondary N) is 1. The van der Waals surface area contributed by atoms with Crippen molar-refractivity contribution in [2.45, 2.75) is 47.0 Å². The van der Waals surface area contributed by atoms with Gasteiger partial charge in [-0.2, -0.15) is 5.26 Å². The number of carbonyl (C=O) groups is 1. The first kappa shape index (κ1) is 19.4. The Morgan fingerprint density at radius 1 is 1.37 bits per heavy atom. The highest BCUT2D eigenvalue weighted by atomic mass is 32.1. The number of aryl methyl sites for hydroxylation is 1. The molecule has 1 N–H and O–H groups in total. The van der Waals surface area contributed by atoms with Crippen LogP contribution in [-0.2, 0) is 17.6 Å². The van der Waals surface area contributed by atoms with Crippen LogP contribution in [-0.4, -0.2) is 12.5 Å². The molecule has 1 aromatic heterocycles. The third-order valence-corrected chi connectivity index (χ3v) is 6.48. The number of anilines is 1. The molecule has 0 saturated carbocycles. The van der Waals surface area contributed by atoms with Gasteiger partial charge in [-0.3, -0.25) is 4.79 Å². The Bertz CT molecular complexity index is 887. The number of nitrogens with zero attached hydrogens (tertiary/aromatic N) is 1. The smallest absolute Gasteiger partial charge is 0.262 e. The Morgan fingerprint density at radius 3 is 2.78 bits per heavy atom. The van der Waals surface area contributed by atoms with Crippen molar-refractivity contribution in [3.63, 3.8) is 0 Å². The second-order valence-electron chi connectivity index (χ2n) is 8.23. The van der Waals surface area contributed by atoms with Gasteiger partial charge in [0, 0.05) is 4.88 Å². The van der Waals surface area contributed by atoms with Crippen LogP contribution < -0.4 is 10.1 Å². The first-order chi connectivity index (χ1) is 12.8. The fourth-order valence-electron chi connectivity index (χ4n) is 3.56. The van der Waals surface area contributed by atoms with Gasteiger partial charge in [-0.25, -0.2) is 0 Å². The molecule has 0 bridgehead atoms. The molecule has 0 fully saturated rings. The minimum Gasteiger partial charge on any atom is -0.483 e. The SMILES string of the molecule is Cc1ccccc1OCC(=O)Nc1sc2c(c1C#N)CC[C@@H](C(C)(C)C)C2. The van der Waals surface area contributed by atoms with E-state index in [-0.39, 0.29) is 17.9 Å². The van der Waals surface area contributed by atoms with Crippen molar-refractivity contribution in [1.82, 2.24) is 0 Å². The number of nitriles is 1. The van der Waals surface area contributed by atoms with E-state index in [0.29, 0.717) is 22.2 Å². The van der Waals surface area contributed by atoms with Crippen LogP contribution in [0.1, 0.15) is 48.8 Å². The van der Waals surface area contributed by atoms with Crippen molar-refractivity contribution in [3.8, 4) is 11.8 Å². The predicted octanol–water partition coefficient (Wildman–Crippen LogP) is 5.10. The maximum atomic E-state index is 12.4. The van der Waals surface area contributed by atoms with Crippen LogP contribution in [0.4, 0.5) is 5.00 Å². The Balaban J connectivity index is 1.71. The third-order valence-electron chi connectivity index (χ3n) is 5.31. The van der Waals surface area contributed by atoms with Crippen LogP contribution >= 0.6 is 11.3 Å². The fourth-order valence-corrected chi connectivity index (χ4v) is 4.85. The summed E-state index contributed by atoms with van der Waals surface area (Å²) in [5.41, 5.74) is 2.99. The molecule has 0 unspecified atom stereocenters. The number of ether oxygens (including phenoxy) is 1. The van der Waals surface area contributed by atoms with Gasteiger partial charge in [0.2, 0.25) is 0 Å². The van der Waals surface area contributed by atoms with Crippen LogP contribution in [0.2, 0.25) is 0 Å². The van der Waals surface area contributed by atoms with Gasteiger partial charge < -0.3 is 10.1 Å². The van der Waals surface area contributed by atoms with Gasteiger partial charge in [0.05, 0.1) is 5.56 Å². The first-order valence-corrected chi connectivity index (χ1v) is 10.1. The van der Waals surface area contributed by atoms with E-state index < -0.39 is 0 Å². The van der Waals surface area contributed by atoms with Gasteiger partial charge in [-0.1, -0.05) is 39.0 Å². The maximum absolute atomic E-state index is 12.4. The molecule has 142 valence electrons. The number of thiophene rings is 1. The largest absolute Gasteiger partial charge is 0.483 e. The zero-order valence-corrected chi connectivity index (χ0v) is 17.2. The predicted molar refractivity (Wildman–Crippen MR) is 109 cm³/mol. The van der Waals surface area contributed by atoms with Gasteiger partial charge in [-0.15, -0.1) is 11.3 Å². The molecule has 1 atom stereocenters. The van der Waals surface area contributed by atoms with E-state index >= 15 is 0 Å². The van der Waals surface area contributed by atoms with Crippen molar-refractivity contribution in [2.75, 3.05) is 11.9 Å². The number of hydrogen-bond donors (Lipinski definition) is 1. The zero-order valence-electron chi connectivity index (χ0n) is 16.4. The topological polar surface area (TPSA) is 62.1 Å². The van der Waals surface area contributed by atoms with E-state index in [0.717, 1.165) is 30.4 Å². The molecular weight excluding hydrogens is 356 g/mol. The van der Waals surface area contributed by atoms with Gasteiger partial charge >= 0.3 is 0 Å². The van der Waals surface area contributed by atoms with Crippen molar-refractivity contribution in [2.24, 2.45) is 11.3 Å². The number of para-hydroxylation sites is 1. The molecule has 0 saturated heterocycles. The summed E-state index contributed by atoms with van der Waals surface area (Å²) >= 11 is 1.55. The lowest BCUT2D eigenvalue weighted by molar-refractivity contribution is -0.118. The minimum atomic E-state index is -0.235. The van der Waals surface area contributed by atoms with E-state index in [9.17, 15) is 10.1 Å². The normalized spacial score (nSPS) is 16.3. The molecule has 1 heterocycles. The summed E-state index contributed by atoms with van der Waals surface area (Å²) < 4.78 is 5.62. The van der Waals surface area contributed by atoms with Crippen LogP contribution in [0.15, 0.2) is 24.3 Å². The summed E-state index contributed by atoms with van der Waals surface area (Å²) in [7, 11) is 0. The second-order valence-corrected chi connectivity index (χ2v) is 9.33. The molecule has 1 amide bonds. The van der Waals surface area contributed by atoms with E-state index in [4.69, 9.17) is 4.74 Å². The van der Waals surface area contributed by atoms with Crippen LogP contribution in [0.5, 0.6) is 5.75 Å². The van der Waals surface area contributed by atoms with Crippen molar-refractivity contribution in [1.29, 1.82) is 5.26 Å². The van der Waals surface area contributed by atoms with Gasteiger partial charge in [-0.05, 0) is 54.7 Å². The first-order valence-electron chi connectivity index (χ1n) is 9.32. The summed E-state index contributed by atoms with van der Waals surface area (Å²) in [6.07, 6.45) is 2.98. The van der Waals surface area contributed by atoms with Crippen molar-refractivity contribution >= 4 is 22.2 Å². The van der Waals surface area contributed by atoms with Gasteiger partial charge in [0.15, 0.2) is 6.61 Å². The Kier molecular flexibility index (Phi) is 5.57. The van der Waals surface area contributed by atoms with E-state index in [1.807, 2.05) is 31.2 Å². The highest BCUT2D eigenvalue weighted by molar-refractivity contribution is 7.16. The quantitative estimate of drug-likeness (QED) is 0.800. The number of amides is 1. The highest BCUT2D eigenvalue weighted by Gasteiger charge is 2.32. The molecule has 0 spiro atoms. The average Bonchev–Trinajstić information content (AvgIpc) is 2.96. The number of hydrogen-bond acceptors (Lipinski definition) is 4. The molecule has 3 rings (SSSR count). The monoisotopic (exact) mass is 382 g/mol. The third kappa shape index (κ3) is 4.33. The highest BCUT2D eigenvalue weighted by Crippen LogP contribution is 2.43. The van der Waals surface area contributed by atoms with E-state index in [1.54, 1.807) is 11.3 Å². The molecule has 2 aromatic rings. The van der Waals surface area contributed by atoms with Crippen molar-refractivity contribution in [3.05, 3.63) is 45.8 Å². The summed E-state index contributed by atoms with van der Waals surface area (Å²) in [4.78, 5) is 13.6. The van der Waals surface area contributed by atoms with Gasteiger partial charge in [0.25, 0.3) is 5.91 Å². The Labute approximate surface area is 165 Å². The molecule has 5 heteroatoms. The molecule has 1 aliphatic rings. The number of fused-ring (bicyclic) bond motifs is 1. The number of carbonyl (C=O) groups excluding carboxylic acids is 1. The zero-order chi connectivity index (χ0) is 19.6. The lowest BCUT2D eigenvalue weighted by Gasteiger charge is -2.33. The number of benzene rings is 1. The molecule has 27 heavy (non-hydrogen) atoms. The molecule has 1 aliphatic carbocycles. The molecule has 0 radical (unpaired) electrons. The number of rotatable bonds is 4. The summed E-state index contributed by atoms with van der Waals surface area (Å²) in [6.45, 7) is 8.69. The van der Waals surface area contributed by atoms with Gasteiger partial charge in [0.1, 0.15) is 16.8 Å². The average molecular weight is 383 g/mol. The maximum Gasteiger partial charge on any atom is 0.262 e. The standard InChI is InChI=1S/C22H26N2O2S/c1-14-7-5-6-8-18(14)26-13-20(25)24-21-17(12-23)16-10-9-15(22(2,3)4)11-19(16)27-21/h5-8,15H,9-11,13H2,1-4H3,(H,24,25)/t15-/m1/s1. The summed E-state index contributed by atoms with van der Waals surface area (Å²) in [5.74, 6) is 1.07. The molecule has 1 aromatic carbocycles. The van der Waals surface area contributed by atoms with Crippen LogP contribution in [0, 0.1) is 29.6 Å². The lowest BCUT2D eigenvalue weighted by atomic mass is 9.72. The molecule has 0 aliphatic heterocycles. The second kappa shape index (κ2) is 7.74. The Morgan fingerprint density at radius 2 is 2.11 bits per heavy atom. The van der Waals surface area contributed by atoms with E-state index in [2.05, 4.69) is 32.2 Å². The minimum absolute atomic E-state index is 0.0666. The lowest BCUT2D eigenvalue weighted by Crippen LogP contribution is -2.26. The fraction of sp³-hybridized carbons (Fsp3) is 0.455. The Hall–Kier alpha value is -2.32. The van der Waals surface area contributed by atoms with Crippen LogP contribution in [0.25, 0.3) is 0 Å².